The Kier molecular flexibility index (Phi) is 7.54. The van der Waals surface area contributed by atoms with Crippen LogP contribution in [-0.4, -0.2) is 43.4 Å². The number of alkyl halides is 3. The van der Waals surface area contributed by atoms with Crippen LogP contribution < -0.4 is 4.74 Å². The Morgan fingerprint density at radius 1 is 1.11 bits per heavy atom. The third-order valence-electron chi connectivity index (χ3n) is 5.50. The lowest BCUT2D eigenvalue weighted by Crippen LogP contribution is -2.38. The van der Waals surface area contributed by atoms with Gasteiger partial charge in [-0.15, -0.1) is 0 Å². The van der Waals surface area contributed by atoms with Crippen LogP contribution in [0.25, 0.3) is 11.4 Å². The summed E-state index contributed by atoms with van der Waals surface area (Å²) < 4.78 is 45.9. The number of rotatable bonds is 9. The van der Waals surface area contributed by atoms with Gasteiger partial charge < -0.3 is 9.84 Å². The van der Waals surface area contributed by atoms with E-state index < -0.39 is 23.3 Å². The van der Waals surface area contributed by atoms with Crippen molar-refractivity contribution in [1.29, 1.82) is 0 Å². The van der Waals surface area contributed by atoms with Crippen LogP contribution in [0.1, 0.15) is 43.3 Å². The smallest absolute Gasteiger partial charge is 0.416 e. The van der Waals surface area contributed by atoms with Crippen LogP contribution in [-0.2, 0) is 30.6 Å². The summed E-state index contributed by atoms with van der Waals surface area (Å²) in [5, 5.41) is 13.7. The standard InChI is InChI=1S/C25H29F3N4O3/c1-6-32-21(29-22(30-32)18-8-10-19(11-9-18)25(26,27)28)15-31(5)14-17-7-12-20(16(2)13-17)35-24(3,4)23(33)34/h7-13H,6,14-15H2,1-5H3,(H,33,34). The highest BCUT2D eigenvalue weighted by Crippen LogP contribution is 2.30. The number of carbonyl (C=O) groups is 1. The van der Waals surface area contributed by atoms with Gasteiger partial charge in [0.25, 0.3) is 0 Å². The molecule has 0 fully saturated rings. The minimum atomic E-state index is -4.39. The Labute approximate surface area is 202 Å². The lowest BCUT2D eigenvalue weighted by molar-refractivity contribution is -0.152. The number of aryl methyl sites for hydroxylation is 2. The summed E-state index contributed by atoms with van der Waals surface area (Å²) in [7, 11) is 1.93. The molecule has 0 spiro atoms. The molecule has 3 rings (SSSR count). The number of ether oxygens (including phenoxy) is 1. The van der Waals surface area contributed by atoms with Crippen molar-refractivity contribution >= 4 is 5.97 Å². The topological polar surface area (TPSA) is 80.5 Å². The van der Waals surface area contributed by atoms with Crippen LogP contribution in [0.5, 0.6) is 5.75 Å². The van der Waals surface area contributed by atoms with Crippen LogP contribution >= 0.6 is 0 Å². The van der Waals surface area contributed by atoms with Crippen molar-refractivity contribution in [1.82, 2.24) is 19.7 Å². The molecule has 7 nitrogen and oxygen atoms in total. The van der Waals surface area contributed by atoms with Gasteiger partial charge >= 0.3 is 12.1 Å². The van der Waals surface area contributed by atoms with E-state index in [4.69, 9.17) is 4.74 Å². The monoisotopic (exact) mass is 490 g/mol. The van der Waals surface area contributed by atoms with Crippen LogP contribution in [0.3, 0.4) is 0 Å². The molecule has 0 aliphatic carbocycles. The van der Waals surface area contributed by atoms with E-state index in [0.29, 0.717) is 42.6 Å². The number of aliphatic carboxylic acids is 1. The van der Waals surface area contributed by atoms with Crippen LogP contribution in [0.15, 0.2) is 42.5 Å². The fraction of sp³-hybridized carbons (Fsp3) is 0.400. The molecular weight excluding hydrogens is 461 g/mol. The summed E-state index contributed by atoms with van der Waals surface area (Å²) in [6.07, 6.45) is -4.39. The van der Waals surface area contributed by atoms with Crippen molar-refractivity contribution in [3.63, 3.8) is 0 Å². The molecule has 0 saturated heterocycles. The molecule has 0 aliphatic rings. The molecule has 3 aromatic rings. The molecule has 0 unspecified atom stereocenters. The molecule has 0 radical (unpaired) electrons. The largest absolute Gasteiger partial charge is 0.478 e. The van der Waals surface area contributed by atoms with E-state index in [-0.39, 0.29) is 0 Å². The third-order valence-corrected chi connectivity index (χ3v) is 5.50. The maximum Gasteiger partial charge on any atom is 0.416 e. The van der Waals surface area contributed by atoms with Gasteiger partial charge in [0, 0.05) is 18.7 Å². The maximum absolute atomic E-state index is 12.8. The molecule has 0 saturated carbocycles. The predicted molar refractivity (Wildman–Crippen MR) is 125 cm³/mol. The minimum absolute atomic E-state index is 0.377. The van der Waals surface area contributed by atoms with Gasteiger partial charge in [-0.25, -0.2) is 14.5 Å². The first-order valence-electron chi connectivity index (χ1n) is 11.1. The van der Waals surface area contributed by atoms with Crippen LogP contribution in [0, 0.1) is 6.92 Å². The van der Waals surface area contributed by atoms with E-state index in [0.717, 1.165) is 23.3 Å². The van der Waals surface area contributed by atoms with Crippen LogP contribution in [0.2, 0.25) is 0 Å². The molecule has 1 N–H and O–H groups in total. The first-order chi connectivity index (χ1) is 16.3. The first kappa shape index (κ1) is 26.2. The maximum atomic E-state index is 12.8. The number of halogens is 3. The second-order valence-corrected chi connectivity index (χ2v) is 8.93. The zero-order valence-electron chi connectivity index (χ0n) is 20.3. The summed E-state index contributed by atoms with van der Waals surface area (Å²) >= 11 is 0. The van der Waals surface area contributed by atoms with Crippen molar-refractivity contribution in [2.75, 3.05) is 7.05 Å². The van der Waals surface area contributed by atoms with Gasteiger partial charge in [-0.2, -0.15) is 18.3 Å². The van der Waals surface area contributed by atoms with Gasteiger partial charge in [-0.3, -0.25) is 4.90 Å². The van der Waals surface area contributed by atoms with E-state index in [2.05, 4.69) is 10.1 Å². The number of benzene rings is 2. The summed E-state index contributed by atoms with van der Waals surface area (Å²) in [4.78, 5) is 17.9. The van der Waals surface area contributed by atoms with Crippen molar-refractivity contribution in [3.8, 4) is 17.1 Å². The number of carboxylic acids is 1. The van der Waals surface area contributed by atoms with Gasteiger partial charge in [0.05, 0.1) is 12.1 Å². The number of hydrogen-bond donors (Lipinski definition) is 1. The van der Waals surface area contributed by atoms with Crippen molar-refractivity contribution in [2.45, 2.75) is 59.1 Å². The lowest BCUT2D eigenvalue weighted by Gasteiger charge is -2.23. The SMILES string of the molecule is CCn1nc(-c2ccc(C(F)(F)F)cc2)nc1CN(C)Cc1ccc(OC(C)(C)C(=O)O)c(C)c1. The Morgan fingerprint density at radius 3 is 2.31 bits per heavy atom. The summed E-state index contributed by atoms with van der Waals surface area (Å²) in [6.45, 7) is 8.43. The molecule has 188 valence electrons. The van der Waals surface area contributed by atoms with Gasteiger partial charge in [0.1, 0.15) is 11.6 Å². The molecule has 0 aliphatic heterocycles. The quantitative estimate of drug-likeness (QED) is 0.446. The highest BCUT2D eigenvalue weighted by molar-refractivity contribution is 5.76. The second kappa shape index (κ2) is 10.1. The van der Waals surface area contributed by atoms with E-state index in [1.807, 2.05) is 37.9 Å². The molecule has 2 aromatic carbocycles. The molecule has 1 aromatic heterocycles. The van der Waals surface area contributed by atoms with Crippen molar-refractivity contribution in [3.05, 3.63) is 65.0 Å². The summed E-state index contributed by atoms with van der Waals surface area (Å²) in [5.41, 5.74) is 0.305. The number of nitrogens with zero attached hydrogens (tertiary/aromatic N) is 4. The highest BCUT2D eigenvalue weighted by Gasteiger charge is 2.31. The van der Waals surface area contributed by atoms with Crippen molar-refractivity contribution in [2.24, 2.45) is 0 Å². The molecule has 0 bridgehead atoms. The highest BCUT2D eigenvalue weighted by atomic mass is 19.4. The van der Waals surface area contributed by atoms with Crippen molar-refractivity contribution < 1.29 is 27.8 Å². The predicted octanol–water partition coefficient (Wildman–Crippen LogP) is 5.17. The average molecular weight is 491 g/mol. The molecular formula is C25H29F3N4O3. The first-order valence-corrected chi connectivity index (χ1v) is 11.1. The summed E-state index contributed by atoms with van der Waals surface area (Å²) in [6, 6.07) is 10.4. The zero-order chi connectivity index (χ0) is 26.0. The normalized spacial score (nSPS) is 12.3. The average Bonchev–Trinajstić information content (AvgIpc) is 3.17. The lowest BCUT2D eigenvalue weighted by atomic mass is 10.1. The van der Waals surface area contributed by atoms with Gasteiger partial charge in [-0.05, 0) is 64.1 Å². The third kappa shape index (κ3) is 6.39. The number of aromatic nitrogens is 3. The number of carboxylic acid groups (broad SMARTS) is 1. The van der Waals surface area contributed by atoms with E-state index in [1.165, 1.54) is 26.0 Å². The van der Waals surface area contributed by atoms with E-state index >= 15 is 0 Å². The van der Waals surface area contributed by atoms with Gasteiger partial charge in [0.15, 0.2) is 11.4 Å². The molecule has 10 heteroatoms. The van der Waals surface area contributed by atoms with E-state index in [9.17, 15) is 23.1 Å². The fourth-order valence-electron chi connectivity index (χ4n) is 3.53. The second-order valence-electron chi connectivity index (χ2n) is 8.93. The minimum Gasteiger partial charge on any atom is -0.478 e. The molecule has 0 amide bonds. The molecule has 35 heavy (non-hydrogen) atoms. The fourth-order valence-corrected chi connectivity index (χ4v) is 3.53. The Morgan fingerprint density at radius 2 is 1.77 bits per heavy atom. The molecule has 1 heterocycles. The zero-order valence-corrected chi connectivity index (χ0v) is 20.3. The molecule has 0 atom stereocenters. The van der Waals surface area contributed by atoms with Gasteiger partial charge in [-0.1, -0.05) is 24.3 Å². The Hall–Kier alpha value is -3.40. The van der Waals surface area contributed by atoms with Crippen LogP contribution in [0.4, 0.5) is 13.2 Å². The summed E-state index contributed by atoms with van der Waals surface area (Å²) in [5.74, 6) is 0.541. The van der Waals surface area contributed by atoms with Gasteiger partial charge in [0.2, 0.25) is 0 Å². The van der Waals surface area contributed by atoms with E-state index in [1.54, 1.807) is 10.7 Å². The Balaban J connectivity index is 1.71. The number of hydrogen-bond acceptors (Lipinski definition) is 5. The Bertz CT molecular complexity index is 1190.